The van der Waals surface area contributed by atoms with Crippen LogP contribution in [0.3, 0.4) is 0 Å². The predicted octanol–water partition coefficient (Wildman–Crippen LogP) is 2.15. The first-order chi connectivity index (χ1) is 10.2. The molecule has 110 valence electrons. The molecule has 7 nitrogen and oxygen atoms in total. The summed E-state index contributed by atoms with van der Waals surface area (Å²) < 4.78 is 11.0. The summed E-state index contributed by atoms with van der Waals surface area (Å²) in [6.45, 7) is 2.73. The van der Waals surface area contributed by atoms with Gasteiger partial charge in [-0.3, -0.25) is 0 Å². The van der Waals surface area contributed by atoms with Crippen molar-refractivity contribution in [1.29, 1.82) is 0 Å². The second kappa shape index (κ2) is 7.09. The summed E-state index contributed by atoms with van der Waals surface area (Å²) in [5, 5.41) is 11.4. The van der Waals surface area contributed by atoms with Crippen LogP contribution in [-0.4, -0.2) is 27.6 Å². The number of ether oxygens (including phenoxy) is 2. The molecular formula is C14H16N4O3. The molecule has 0 fully saturated rings. The SMILES string of the molecule is CCCOc1ccc(Oc2cnc(C(N)=NO)cn2)cc1. The second-order valence-electron chi connectivity index (χ2n) is 4.15. The molecule has 0 amide bonds. The molecule has 1 aromatic carbocycles. The van der Waals surface area contributed by atoms with Gasteiger partial charge < -0.3 is 20.4 Å². The van der Waals surface area contributed by atoms with E-state index in [2.05, 4.69) is 15.1 Å². The molecule has 2 aromatic rings. The Morgan fingerprint density at radius 1 is 1.19 bits per heavy atom. The molecule has 0 aliphatic carbocycles. The average Bonchev–Trinajstić information content (AvgIpc) is 2.54. The molecule has 0 saturated carbocycles. The van der Waals surface area contributed by atoms with Gasteiger partial charge in [0.05, 0.1) is 19.0 Å². The van der Waals surface area contributed by atoms with Crippen LogP contribution in [0.5, 0.6) is 17.4 Å². The molecule has 0 aliphatic heterocycles. The van der Waals surface area contributed by atoms with E-state index >= 15 is 0 Å². The zero-order valence-corrected chi connectivity index (χ0v) is 11.6. The molecule has 0 radical (unpaired) electrons. The zero-order chi connectivity index (χ0) is 15.1. The molecule has 21 heavy (non-hydrogen) atoms. The normalized spacial score (nSPS) is 11.2. The monoisotopic (exact) mass is 288 g/mol. The standard InChI is InChI=1S/C14H16N4O3/c1-2-7-20-10-3-5-11(6-4-10)21-13-9-16-12(8-17-13)14(15)18-19/h3-6,8-9,19H,2,7H2,1H3,(H2,15,18). The maximum atomic E-state index is 8.53. The molecule has 0 atom stereocenters. The first-order valence-electron chi connectivity index (χ1n) is 6.43. The van der Waals surface area contributed by atoms with Crippen molar-refractivity contribution < 1.29 is 14.7 Å². The van der Waals surface area contributed by atoms with E-state index in [1.165, 1.54) is 12.4 Å². The maximum Gasteiger partial charge on any atom is 0.237 e. The predicted molar refractivity (Wildman–Crippen MR) is 76.8 cm³/mol. The molecule has 0 unspecified atom stereocenters. The maximum absolute atomic E-state index is 8.53. The van der Waals surface area contributed by atoms with Crippen LogP contribution in [0.25, 0.3) is 0 Å². The van der Waals surface area contributed by atoms with E-state index in [9.17, 15) is 0 Å². The highest BCUT2D eigenvalue weighted by Gasteiger charge is 2.04. The summed E-state index contributed by atoms with van der Waals surface area (Å²) in [6, 6.07) is 7.21. The van der Waals surface area contributed by atoms with Gasteiger partial charge in [-0.05, 0) is 30.7 Å². The molecular weight excluding hydrogens is 272 g/mol. The lowest BCUT2D eigenvalue weighted by Gasteiger charge is -2.07. The fourth-order valence-electron chi connectivity index (χ4n) is 1.50. The lowest BCUT2D eigenvalue weighted by molar-refractivity contribution is 0.317. The molecule has 1 heterocycles. The van der Waals surface area contributed by atoms with Gasteiger partial charge in [-0.1, -0.05) is 12.1 Å². The van der Waals surface area contributed by atoms with Gasteiger partial charge in [-0.25, -0.2) is 9.97 Å². The highest BCUT2D eigenvalue weighted by Crippen LogP contribution is 2.22. The Kier molecular flexibility index (Phi) is 4.92. The zero-order valence-electron chi connectivity index (χ0n) is 11.6. The summed E-state index contributed by atoms with van der Waals surface area (Å²) in [5.74, 6) is 1.61. The van der Waals surface area contributed by atoms with Crippen molar-refractivity contribution in [3.8, 4) is 17.4 Å². The van der Waals surface area contributed by atoms with E-state index in [1.54, 1.807) is 12.1 Å². The van der Waals surface area contributed by atoms with Gasteiger partial charge in [0.1, 0.15) is 17.2 Å². The van der Waals surface area contributed by atoms with Gasteiger partial charge in [0.2, 0.25) is 5.88 Å². The van der Waals surface area contributed by atoms with Crippen molar-refractivity contribution in [3.63, 3.8) is 0 Å². The molecule has 2 rings (SSSR count). The van der Waals surface area contributed by atoms with Gasteiger partial charge in [0.15, 0.2) is 5.84 Å². The Labute approximate surface area is 122 Å². The minimum Gasteiger partial charge on any atom is -0.494 e. The van der Waals surface area contributed by atoms with Crippen LogP contribution in [0.1, 0.15) is 19.0 Å². The Bertz CT molecular complexity index is 597. The fourth-order valence-corrected chi connectivity index (χ4v) is 1.50. The summed E-state index contributed by atoms with van der Waals surface area (Å²) >= 11 is 0. The fraction of sp³-hybridized carbons (Fsp3) is 0.214. The Morgan fingerprint density at radius 2 is 1.90 bits per heavy atom. The number of nitrogens with two attached hydrogens (primary N) is 1. The molecule has 1 aromatic heterocycles. The average molecular weight is 288 g/mol. The van der Waals surface area contributed by atoms with E-state index in [-0.39, 0.29) is 11.5 Å². The van der Waals surface area contributed by atoms with E-state index in [0.717, 1.165) is 12.2 Å². The summed E-state index contributed by atoms with van der Waals surface area (Å²) in [4.78, 5) is 8.00. The van der Waals surface area contributed by atoms with Crippen LogP contribution >= 0.6 is 0 Å². The third-order valence-corrected chi connectivity index (χ3v) is 2.52. The van der Waals surface area contributed by atoms with Gasteiger partial charge in [0, 0.05) is 0 Å². The van der Waals surface area contributed by atoms with Gasteiger partial charge >= 0.3 is 0 Å². The number of nitrogens with zero attached hydrogens (tertiary/aromatic N) is 3. The second-order valence-corrected chi connectivity index (χ2v) is 4.15. The van der Waals surface area contributed by atoms with Crippen LogP contribution in [0, 0.1) is 0 Å². The molecule has 0 bridgehead atoms. The number of hydrogen-bond donors (Lipinski definition) is 2. The molecule has 7 heteroatoms. The van der Waals surface area contributed by atoms with Crippen molar-refractivity contribution >= 4 is 5.84 Å². The molecule has 3 N–H and O–H groups in total. The van der Waals surface area contributed by atoms with Crippen LogP contribution < -0.4 is 15.2 Å². The van der Waals surface area contributed by atoms with Crippen molar-refractivity contribution in [3.05, 3.63) is 42.4 Å². The summed E-state index contributed by atoms with van der Waals surface area (Å²) in [5.41, 5.74) is 5.67. The number of benzene rings is 1. The highest BCUT2D eigenvalue weighted by atomic mass is 16.5. The summed E-state index contributed by atoms with van der Waals surface area (Å²) in [6.07, 6.45) is 3.72. The minimum atomic E-state index is -0.105. The molecule has 0 aliphatic rings. The Hall–Kier alpha value is -2.83. The number of rotatable bonds is 6. The van der Waals surface area contributed by atoms with Crippen LogP contribution in [0.2, 0.25) is 0 Å². The largest absolute Gasteiger partial charge is 0.494 e. The van der Waals surface area contributed by atoms with Crippen molar-refractivity contribution in [1.82, 2.24) is 9.97 Å². The Balaban J connectivity index is 2.01. The third-order valence-electron chi connectivity index (χ3n) is 2.52. The number of oxime groups is 1. The molecule has 0 spiro atoms. The first kappa shape index (κ1) is 14.6. The van der Waals surface area contributed by atoms with Crippen LogP contribution in [0.15, 0.2) is 41.8 Å². The van der Waals surface area contributed by atoms with Crippen molar-refractivity contribution in [2.24, 2.45) is 10.9 Å². The van der Waals surface area contributed by atoms with Crippen LogP contribution in [0.4, 0.5) is 0 Å². The third kappa shape index (κ3) is 4.07. The van der Waals surface area contributed by atoms with E-state index < -0.39 is 0 Å². The number of hydrogen-bond acceptors (Lipinski definition) is 6. The van der Waals surface area contributed by atoms with E-state index in [0.29, 0.717) is 18.2 Å². The first-order valence-corrected chi connectivity index (χ1v) is 6.43. The van der Waals surface area contributed by atoms with Gasteiger partial charge in [-0.2, -0.15) is 0 Å². The number of aromatic nitrogens is 2. The van der Waals surface area contributed by atoms with Crippen molar-refractivity contribution in [2.45, 2.75) is 13.3 Å². The van der Waals surface area contributed by atoms with Gasteiger partial charge in [-0.15, -0.1) is 0 Å². The van der Waals surface area contributed by atoms with Gasteiger partial charge in [0.25, 0.3) is 0 Å². The summed E-state index contributed by atoms with van der Waals surface area (Å²) in [7, 11) is 0. The smallest absolute Gasteiger partial charge is 0.237 e. The lowest BCUT2D eigenvalue weighted by atomic mass is 10.3. The minimum absolute atomic E-state index is 0.105. The quantitative estimate of drug-likeness (QED) is 0.365. The molecule has 0 saturated heterocycles. The number of amidine groups is 1. The van der Waals surface area contributed by atoms with Crippen molar-refractivity contribution in [2.75, 3.05) is 6.61 Å². The Morgan fingerprint density at radius 3 is 2.48 bits per heavy atom. The highest BCUT2D eigenvalue weighted by molar-refractivity contribution is 5.94. The van der Waals surface area contributed by atoms with E-state index in [4.69, 9.17) is 20.4 Å². The van der Waals surface area contributed by atoms with Crippen LogP contribution in [-0.2, 0) is 0 Å². The van der Waals surface area contributed by atoms with E-state index in [1.807, 2.05) is 19.1 Å². The lowest BCUT2D eigenvalue weighted by Crippen LogP contribution is -2.15. The topological polar surface area (TPSA) is 103 Å².